The maximum atomic E-state index is 12.5. The van der Waals surface area contributed by atoms with Gasteiger partial charge in [-0.3, -0.25) is 9.59 Å². The van der Waals surface area contributed by atoms with Gasteiger partial charge >= 0.3 is 0 Å². The Labute approximate surface area is 120 Å². The standard InChI is InChI=1S/C14H25N3O3/c1-10-13(15-5-7-20-10)14(19)17-6-3-4-12(9-17)8-16-11(2)18/h10,12-13,15H,3-9H2,1-2H3,(H,16,18)/t10-,12?,13+/m1/s1. The third-order valence-corrected chi connectivity index (χ3v) is 4.05. The zero-order chi connectivity index (χ0) is 14.5. The number of carbonyl (C=O) groups is 2. The van der Waals surface area contributed by atoms with Crippen LogP contribution in [0.25, 0.3) is 0 Å². The molecule has 6 nitrogen and oxygen atoms in total. The lowest BCUT2D eigenvalue weighted by Crippen LogP contribution is -2.58. The fraction of sp³-hybridized carbons (Fsp3) is 0.857. The van der Waals surface area contributed by atoms with E-state index in [0.717, 1.165) is 32.5 Å². The molecule has 2 amide bonds. The van der Waals surface area contributed by atoms with Crippen LogP contribution in [-0.4, -0.2) is 61.6 Å². The summed E-state index contributed by atoms with van der Waals surface area (Å²) in [6.45, 7) is 7.04. The van der Waals surface area contributed by atoms with Crippen molar-refractivity contribution in [3.8, 4) is 0 Å². The highest BCUT2D eigenvalue weighted by Crippen LogP contribution is 2.18. The van der Waals surface area contributed by atoms with Gasteiger partial charge in [-0.15, -0.1) is 0 Å². The molecule has 2 saturated heterocycles. The first-order chi connectivity index (χ1) is 9.58. The molecule has 3 atom stereocenters. The van der Waals surface area contributed by atoms with Crippen molar-refractivity contribution in [3.05, 3.63) is 0 Å². The van der Waals surface area contributed by atoms with Gasteiger partial charge in [0.2, 0.25) is 11.8 Å². The molecule has 0 saturated carbocycles. The van der Waals surface area contributed by atoms with Crippen LogP contribution in [-0.2, 0) is 14.3 Å². The van der Waals surface area contributed by atoms with E-state index in [0.29, 0.717) is 19.1 Å². The molecule has 2 rings (SSSR count). The molecular weight excluding hydrogens is 258 g/mol. The third-order valence-electron chi connectivity index (χ3n) is 4.05. The number of ether oxygens (including phenoxy) is 1. The Morgan fingerprint density at radius 1 is 1.45 bits per heavy atom. The second-order valence-electron chi connectivity index (χ2n) is 5.74. The molecule has 20 heavy (non-hydrogen) atoms. The lowest BCUT2D eigenvalue weighted by Gasteiger charge is -2.38. The first-order valence-corrected chi connectivity index (χ1v) is 7.46. The summed E-state index contributed by atoms with van der Waals surface area (Å²) in [5, 5.41) is 6.09. The fourth-order valence-corrected chi connectivity index (χ4v) is 2.93. The average molecular weight is 283 g/mol. The van der Waals surface area contributed by atoms with Crippen LogP contribution in [0, 0.1) is 5.92 Å². The zero-order valence-electron chi connectivity index (χ0n) is 12.4. The number of carbonyl (C=O) groups excluding carboxylic acids is 2. The molecule has 114 valence electrons. The Kier molecular flexibility index (Phi) is 5.37. The van der Waals surface area contributed by atoms with Crippen LogP contribution in [0.15, 0.2) is 0 Å². The van der Waals surface area contributed by atoms with Crippen LogP contribution >= 0.6 is 0 Å². The van der Waals surface area contributed by atoms with Gasteiger partial charge in [-0.25, -0.2) is 0 Å². The first-order valence-electron chi connectivity index (χ1n) is 7.46. The van der Waals surface area contributed by atoms with Crippen molar-refractivity contribution in [2.24, 2.45) is 5.92 Å². The number of piperidine rings is 1. The van der Waals surface area contributed by atoms with Crippen LogP contribution < -0.4 is 10.6 Å². The Bertz CT molecular complexity index is 362. The van der Waals surface area contributed by atoms with Crippen molar-refractivity contribution in [1.29, 1.82) is 0 Å². The molecule has 1 unspecified atom stereocenters. The Morgan fingerprint density at radius 3 is 2.95 bits per heavy atom. The normalized spacial score (nSPS) is 30.9. The van der Waals surface area contributed by atoms with Gasteiger partial charge < -0.3 is 20.3 Å². The van der Waals surface area contributed by atoms with Gasteiger partial charge in [0.25, 0.3) is 0 Å². The summed E-state index contributed by atoms with van der Waals surface area (Å²) in [4.78, 5) is 25.4. The molecule has 2 aliphatic rings. The molecule has 0 bridgehead atoms. The lowest BCUT2D eigenvalue weighted by atomic mass is 9.96. The van der Waals surface area contributed by atoms with E-state index in [9.17, 15) is 9.59 Å². The molecule has 2 N–H and O–H groups in total. The smallest absolute Gasteiger partial charge is 0.242 e. The van der Waals surface area contributed by atoms with Gasteiger partial charge in [0.05, 0.1) is 12.7 Å². The van der Waals surface area contributed by atoms with Crippen molar-refractivity contribution >= 4 is 11.8 Å². The zero-order valence-corrected chi connectivity index (χ0v) is 12.4. The quantitative estimate of drug-likeness (QED) is 0.748. The Hall–Kier alpha value is -1.14. The number of rotatable bonds is 3. The van der Waals surface area contributed by atoms with E-state index < -0.39 is 0 Å². The van der Waals surface area contributed by atoms with E-state index in [1.165, 1.54) is 6.92 Å². The molecule has 6 heteroatoms. The molecule has 2 fully saturated rings. The van der Waals surface area contributed by atoms with Gasteiger partial charge in [-0.05, 0) is 25.7 Å². The lowest BCUT2D eigenvalue weighted by molar-refractivity contribution is -0.141. The summed E-state index contributed by atoms with van der Waals surface area (Å²) in [5.74, 6) is 0.477. The summed E-state index contributed by atoms with van der Waals surface area (Å²) in [6.07, 6.45) is 1.98. The highest BCUT2D eigenvalue weighted by Gasteiger charge is 2.33. The summed E-state index contributed by atoms with van der Waals surface area (Å²) >= 11 is 0. The molecule has 0 spiro atoms. The van der Waals surface area contributed by atoms with Gasteiger partial charge in [-0.1, -0.05) is 0 Å². The van der Waals surface area contributed by atoms with E-state index in [1.807, 2.05) is 11.8 Å². The van der Waals surface area contributed by atoms with Crippen LogP contribution in [0.5, 0.6) is 0 Å². The number of hydrogen-bond donors (Lipinski definition) is 2. The molecular formula is C14H25N3O3. The monoisotopic (exact) mass is 283 g/mol. The van der Waals surface area contributed by atoms with Gasteiger partial charge in [0.1, 0.15) is 6.04 Å². The summed E-state index contributed by atoms with van der Waals surface area (Å²) in [7, 11) is 0. The van der Waals surface area contributed by atoms with Crippen molar-refractivity contribution in [2.45, 2.75) is 38.8 Å². The first kappa shape index (κ1) is 15.3. The summed E-state index contributed by atoms with van der Waals surface area (Å²) < 4.78 is 5.54. The second-order valence-corrected chi connectivity index (χ2v) is 5.74. The molecule has 0 aromatic rings. The average Bonchev–Trinajstić information content (AvgIpc) is 2.45. The van der Waals surface area contributed by atoms with E-state index in [2.05, 4.69) is 10.6 Å². The van der Waals surface area contributed by atoms with Crippen molar-refractivity contribution in [2.75, 3.05) is 32.8 Å². The van der Waals surface area contributed by atoms with E-state index >= 15 is 0 Å². The van der Waals surface area contributed by atoms with Crippen molar-refractivity contribution < 1.29 is 14.3 Å². The number of likely N-dealkylation sites (tertiary alicyclic amines) is 1. The van der Waals surface area contributed by atoms with Gasteiger partial charge in [0, 0.05) is 33.1 Å². The summed E-state index contributed by atoms with van der Waals surface area (Å²) in [6, 6.07) is -0.233. The molecule has 0 aliphatic carbocycles. The minimum Gasteiger partial charge on any atom is -0.375 e. The number of nitrogens with zero attached hydrogens (tertiary/aromatic N) is 1. The summed E-state index contributed by atoms with van der Waals surface area (Å²) in [5.41, 5.74) is 0. The number of nitrogens with one attached hydrogen (secondary N) is 2. The maximum Gasteiger partial charge on any atom is 0.242 e. The van der Waals surface area contributed by atoms with Crippen LogP contribution in [0.2, 0.25) is 0 Å². The SMILES string of the molecule is CC(=O)NCC1CCCN(C(=O)[C@H]2NCCO[C@@H]2C)C1. The number of amides is 2. The number of hydrogen-bond acceptors (Lipinski definition) is 4. The molecule has 0 aromatic carbocycles. The fourth-order valence-electron chi connectivity index (χ4n) is 2.93. The van der Waals surface area contributed by atoms with E-state index in [4.69, 9.17) is 4.74 Å². The predicted octanol–water partition coefficient (Wildman–Crippen LogP) is -0.262. The van der Waals surface area contributed by atoms with E-state index in [1.54, 1.807) is 0 Å². The molecule has 2 heterocycles. The Balaban J connectivity index is 1.87. The molecule has 2 aliphatic heterocycles. The topological polar surface area (TPSA) is 70.7 Å². The highest BCUT2D eigenvalue weighted by atomic mass is 16.5. The minimum atomic E-state index is -0.233. The number of morpholine rings is 1. The highest BCUT2D eigenvalue weighted by molar-refractivity contribution is 5.82. The van der Waals surface area contributed by atoms with E-state index in [-0.39, 0.29) is 24.0 Å². The third kappa shape index (κ3) is 3.93. The largest absolute Gasteiger partial charge is 0.375 e. The second kappa shape index (κ2) is 7.04. The van der Waals surface area contributed by atoms with Crippen LogP contribution in [0.1, 0.15) is 26.7 Å². The van der Waals surface area contributed by atoms with Gasteiger partial charge in [-0.2, -0.15) is 0 Å². The predicted molar refractivity (Wildman–Crippen MR) is 75.2 cm³/mol. The maximum absolute atomic E-state index is 12.5. The van der Waals surface area contributed by atoms with Crippen molar-refractivity contribution in [1.82, 2.24) is 15.5 Å². The van der Waals surface area contributed by atoms with Gasteiger partial charge in [0.15, 0.2) is 0 Å². The van der Waals surface area contributed by atoms with Crippen LogP contribution in [0.4, 0.5) is 0 Å². The minimum absolute atomic E-state index is 0.00980. The van der Waals surface area contributed by atoms with Crippen molar-refractivity contribution in [3.63, 3.8) is 0 Å². The Morgan fingerprint density at radius 2 is 2.25 bits per heavy atom. The van der Waals surface area contributed by atoms with Crippen LogP contribution in [0.3, 0.4) is 0 Å². The molecule has 0 radical (unpaired) electrons. The molecule has 0 aromatic heterocycles.